The molecule has 82 valence electrons. The second-order valence-electron chi connectivity index (χ2n) is 3.58. The highest BCUT2D eigenvalue weighted by Crippen LogP contribution is 2.19. The first-order valence-corrected chi connectivity index (χ1v) is 5.82. The fraction of sp³-hybridized carbons (Fsp3) is 0.154. The van der Waals surface area contributed by atoms with Crippen molar-refractivity contribution in [1.82, 2.24) is 4.98 Å². The van der Waals surface area contributed by atoms with Gasteiger partial charge in [-0.15, -0.1) is 0 Å². The molecule has 0 aliphatic heterocycles. The summed E-state index contributed by atoms with van der Waals surface area (Å²) in [6.45, 7) is 0. The molecule has 1 aromatic carbocycles. The van der Waals surface area contributed by atoms with Crippen LogP contribution in [-0.4, -0.2) is 17.0 Å². The first kappa shape index (κ1) is 11.0. The fourth-order valence-electron chi connectivity index (χ4n) is 1.65. The molecule has 0 bridgehead atoms. The summed E-state index contributed by atoms with van der Waals surface area (Å²) in [5.41, 5.74) is 2.81. The predicted molar refractivity (Wildman–Crippen MR) is 71.2 cm³/mol. The van der Waals surface area contributed by atoms with Gasteiger partial charge in [0.1, 0.15) is 0 Å². The molecule has 3 heteroatoms. The Morgan fingerprint density at radius 1 is 1.38 bits per heavy atom. The smallest absolute Gasteiger partial charge is 0.152 e. The lowest BCUT2D eigenvalue weighted by Crippen LogP contribution is -1.77. The van der Waals surface area contributed by atoms with Gasteiger partial charge in [0.25, 0.3) is 0 Å². The van der Waals surface area contributed by atoms with Gasteiger partial charge < -0.3 is 4.98 Å². The lowest BCUT2D eigenvalue weighted by Gasteiger charge is -1.95. The maximum absolute atomic E-state index is 10.8. The van der Waals surface area contributed by atoms with Crippen molar-refractivity contribution in [3.05, 3.63) is 41.6 Å². The third-order valence-electron chi connectivity index (χ3n) is 2.47. The molecule has 0 aliphatic carbocycles. The number of aromatic nitrogens is 1. The molecule has 0 saturated heterocycles. The Morgan fingerprint density at radius 3 is 3.00 bits per heavy atom. The van der Waals surface area contributed by atoms with Crippen LogP contribution >= 0.6 is 12.6 Å². The summed E-state index contributed by atoms with van der Waals surface area (Å²) in [7, 11) is 0. The maximum Gasteiger partial charge on any atom is 0.152 e. The number of carbonyl (C=O) groups is 1. The van der Waals surface area contributed by atoms with Gasteiger partial charge in [0.05, 0.1) is 0 Å². The van der Waals surface area contributed by atoms with Gasteiger partial charge in [-0.25, -0.2) is 0 Å². The predicted octanol–water partition coefficient (Wildman–Crippen LogP) is 3.31. The molecule has 0 fully saturated rings. The van der Waals surface area contributed by atoms with Crippen LogP contribution in [0.3, 0.4) is 0 Å². The van der Waals surface area contributed by atoms with Crippen molar-refractivity contribution in [2.45, 2.75) is 6.42 Å². The van der Waals surface area contributed by atoms with Gasteiger partial charge in [0.15, 0.2) is 6.29 Å². The molecule has 1 N–H and O–H groups in total. The number of fused-ring (bicyclic) bond motifs is 1. The lowest BCUT2D eigenvalue weighted by atomic mass is 10.1. The monoisotopic (exact) mass is 231 g/mol. The average Bonchev–Trinajstić information content (AvgIpc) is 2.71. The number of aldehydes is 1. The van der Waals surface area contributed by atoms with Crippen LogP contribution in [0.1, 0.15) is 22.3 Å². The molecule has 0 unspecified atom stereocenters. The number of allylic oxidation sites excluding steroid dienone is 1. The highest BCUT2D eigenvalue weighted by atomic mass is 32.1. The molecule has 2 aromatic rings. The summed E-state index contributed by atoms with van der Waals surface area (Å²) in [6, 6.07) is 6.04. The van der Waals surface area contributed by atoms with Gasteiger partial charge in [0, 0.05) is 22.7 Å². The van der Waals surface area contributed by atoms with E-state index < -0.39 is 0 Å². The minimum Gasteiger partial charge on any atom is -0.360 e. The average molecular weight is 231 g/mol. The van der Waals surface area contributed by atoms with Gasteiger partial charge in [-0.05, 0) is 29.9 Å². The van der Waals surface area contributed by atoms with E-state index in [-0.39, 0.29) is 0 Å². The summed E-state index contributed by atoms with van der Waals surface area (Å²) in [5, 5.41) is 0.975. The van der Waals surface area contributed by atoms with E-state index in [1.165, 1.54) is 0 Å². The van der Waals surface area contributed by atoms with E-state index in [1.807, 2.05) is 18.2 Å². The standard InChI is InChI=1S/C13H13NOS/c15-9-11-8-14-13-5-4-10(7-12(11)13)3-1-2-6-16/h1,3-5,7-9,14,16H,2,6H2. The lowest BCUT2D eigenvalue weighted by molar-refractivity contribution is 0.112. The van der Waals surface area contributed by atoms with Crippen molar-refractivity contribution in [3.8, 4) is 0 Å². The normalized spacial score (nSPS) is 11.3. The van der Waals surface area contributed by atoms with Crippen LogP contribution in [0, 0.1) is 0 Å². The Morgan fingerprint density at radius 2 is 2.25 bits per heavy atom. The van der Waals surface area contributed by atoms with Crippen LogP contribution in [0.4, 0.5) is 0 Å². The van der Waals surface area contributed by atoms with E-state index in [2.05, 4.69) is 29.8 Å². The number of nitrogens with one attached hydrogen (secondary N) is 1. The van der Waals surface area contributed by atoms with E-state index in [4.69, 9.17) is 0 Å². The third kappa shape index (κ3) is 2.19. The van der Waals surface area contributed by atoms with Crippen molar-refractivity contribution >= 4 is 35.9 Å². The van der Waals surface area contributed by atoms with Gasteiger partial charge in [-0.1, -0.05) is 18.2 Å². The zero-order valence-electron chi connectivity index (χ0n) is 8.81. The van der Waals surface area contributed by atoms with Gasteiger partial charge in [-0.3, -0.25) is 4.79 Å². The molecular formula is C13H13NOS. The summed E-state index contributed by atoms with van der Waals surface area (Å²) in [5.74, 6) is 0.850. The first-order chi connectivity index (χ1) is 7.85. The van der Waals surface area contributed by atoms with Gasteiger partial charge in [-0.2, -0.15) is 12.6 Å². The molecule has 0 aliphatic rings. The Balaban J connectivity index is 2.37. The molecule has 0 atom stereocenters. The molecule has 0 amide bonds. The summed E-state index contributed by atoms with van der Waals surface area (Å²) in [4.78, 5) is 13.9. The molecule has 1 heterocycles. The second kappa shape index (κ2) is 5.03. The quantitative estimate of drug-likeness (QED) is 0.614. The van der Waals surface area contributed by atoms with E-state index in [0.717, 1.165) is 34.9 Å². The van der Waals surface area contributed by atoms with Crippen LogP contribution in [0.15, 0.2) is 30.5 Å². The van der Waals surface area contributed by atoms with E-state index in [1.54, 1.807) is 6.20 Å². The SMILES string of the molecule is O=Cc1c[nH]c2ccc(C=CCCS)cc12. The zero-order valence-corrected chi connectivity index (χ0v) is 9.71. The maximum atomic E-state index is 10.8. The molecule has 0 saturated carbocycles. The van der Waals surface area contributed by atoms with Crippen molar-refractivity contribution < 1.29 is 4.79 Å². The number of hydrogen-bond donors (Lipinski definition) is 2. The topological polar surface area (TPSA) is 32.9 Å². The summed E-state index contributed by atoms with van der Waals surface area (Å²) >= 11 is 4.14. The summed E-state index contributed by atoms with van der Waals surface area (Å²) in [6.07, 6.45) is 7.70. The highest BCUT2D eigenvalue weighted by Gasteiger charge is 2.01. The largest absolute Gasteiger partial charge is 0.360 e. The minimum atomic E-state index is 0.708. The van der Waals surface area contributed by atoms with Crippen LogP contribution in [-0.2, 0) is 0 Å². The molecule has 0 radical (unpaired) electrons. The Bertz CT molecular complexity index is 528. The van der Waals surface area contributed by atoms with Crippen molar-refractivity contribution in [3.63, 3.8) is 0 Å². The second-order valence-corrected chi connectivity index (χ2v) is 4.03. The number of carbonyl (C=O) groups excluding carboxylic acids is 1. The fourth-order valence-corrected chi connectivity index (χ4v) is 1.80. The number of benzene rings is 1. The van der Waals surface area contributed by atoms with E-state index in [9.17, 15) is 4.79 Å². The van der Waals surface area contributed by atoms with E-state index >= 15 is 0 Å². The molecule has 2 nitrogen and oxygen atoms in total. The molecule has 16 heavy (non-hydrogen) atoms. The van der Waals surface area contributed by atoms with E-state index in [0.29, 0.717) is 5.56 Å². The molecule has 2 rings (SSSR count). The summed E-state index contributed by atoms with van der Waals surface area (Å²) < 4.78 is 0. The van der Waals surface area contributed by atoms with Crippen molar-refractivity contribution in [2.75, 3.05) is 5.75 Å². The number of hydrogen-bond acceptors (Lipinski definition) is 2. The Kier molecular flexibility index (Phi) is 3.47. The number of thiol groups is 1. The Hall–Kier alpha value is -1.48. The van der Waals surface area contributed by atoms with Crippen molar-refractivity contribution in [2.24, 2.45) is 0 Å². The van der Waals surface area contributed by atoms with Crippen LogP contribution < -0.4 is 0 Å². The number of aromatic amines is 1. The third-order valence-corrected chi connectivity index (χ3v) is 2.73. The van der Waals surface area contributed by atoms with Crippen LogP contribution in [0.2, 0.25) is 0 Å². The van der Waals surface area contributed by atoms with Crippen LogP contribution in [0.5, 0.6) is 0 Å². The Labute approximate surface area is 99.8 Å². The first-order valence-electron chi connectivity index (χ1n) is 5.19. The van der Waals surface area contributed by atoms with Crippen molar-refractivity contribution in [1.29, 1.82) is 0 Å². The number of rotatable bonds is 4. The number of H-pyrrole nitrogens is 1. The van der Waals surface area contributed by atoms with Gasteiger partial charge >= 0.3 is 0 Å². The zero-order chi connectivity index (χ0) is 11.4. The van der Waals surface area contributed by atoms with Gasteiger partial charge in [0.2, 0.25) is 0 Å². The molecule has 0 spiro atoms. The molecular weight excluding hydrogens is 218 g/mol. The van der Waals surface area contributed by atoms with Crippen LogP contribution in [0.25, 0.3) is 17.0 Å². The highest BCUT2D eigenvalue weighted by molar-refractivity contribution is 7.80. The minimum absolute atomic E-state index is 0.708. The molecule has 1 aromatic heterocycles.